The minimum absolute atomic E-state index is 0.0301. The van der Waals surface area contributed by atoms with Crippen LogP contribution in [0.5, 0.6) is 0 Å². The molecule has 3 aromatic carbocycles. The molecule has 0 fully saturated rings. The summed E-state index contributed by atoms with van der Waals surface area (Å²) in [4.78, 5) is 0. The molecule has 0 spiro atoms. The fourth-order valence-corrected chi connectivity index (χ4v) is 5.08. The van der Waals surface area contributed by atoms with Gasteiger partial charge in [0.15, 0.2) is 0 Å². The van der Waals surface area contributed by atoms with E-state index in [0.29, 0.717) is 11.0 Å². The van der Waals surface area contributed by atoms with E-state index in [9.17, 15) is 8.42 Å². The van der Waals surface area contributed by atoms with E-state index in [0.717, 1.165) is 20.8 Å². The van der Waals surface area contributed by atoms with E-state index in [1.807, 2.05) is 72.8 Å². The average Bonchev–Trinajstić information content (AvgIpc) is 2.90. The van der Waals surface area contributed by atoms with Crippen LogP contribution in [-0.4, -0.2) is 12.4 Å². The quantitative estimate of drug-likeness (QED) is 0.489. The van der Waals surface area contributed by atoms with Crippen molar-refractivity contribution in [3.05, 3.63) is 82.8 Å². The number of hydrogen-bond acceptors (Lipinski definition) is 2. The van der Waals surface area contributed by atoms with E-state index >= 15 is 0 Å². The molecule has 24 heavy (non-hydrogen) atoms. The minimum Gasteiger partial charge on any atom is -0.237 e. The molecule has 4 rings (SSSR count). The molecule has 4 aromatic rings. The van der Waals surface area contributed by atoms with E-state index in [-0.39, 0.29) is 5.75 Å². The van der Waals surface area contributed by atoms with Gasteiger partial charge in [-0.2, -0.15) is 0 Å². The average molecular weight is 400 g/mol. The molecular formula is C19H14BrNO2S. The van der Waals surface area contributed by atoms with Gasteiger partial charge in [0.25, 0.3) is 0 Å². The summed E-state index contributed by atoms with van der Waals surface area (Å²) in [6.45, 7) is 0. The Morgan fingerprint density at radius 2 is 1.46 bits per heavy atom. The maximum Gasteiger partial charge on any atom is 0.243 e. The van der Waals surface area contributed by atoms with Gasteiger partial charge in [0.2, 0.25) is 10.0 Å². The van der Waals surface area contributed by atoms with Crippen molar-refractivity contribution in [1.82, 2.24) is 3.97 Å². The summed E-state index contributed by atoms with van der Waals surface area (Å²) in [7, 11) is -3.53. The third-order valence-corrected chi connectivity index (χ3v) is 6.20. The predicted molar refractivity (Wildman–Crippen MR) is 102 cm³/mol. The van der Waals surface area contributed by atoms with Crippen molar-refractivity contribution in [2.24, 2.45) is 0 Å². The van der Waals surface area contributed by atoms with E-state index in [1.54, 1.807) is 0 Å². The van der Waals surface area contributed by atoms with Gasteiger partial charge in [0.1, 0.15) is 0 Å². The van der Waals surface area contributed by atoms with Gasteiger partial charge in [-0.05, 0) is 29.8 Å². The van der Waals surface area contributed by atoms with Crippen molar-refractivity contribution >= 4 is 47.8 Å². The number of halogens is 1. The Labute approximate surface area is 148 Å². The fourth-order valence-electron chi connectivity index (χ4n) is 3.06. The van der Waals surface area contributed by atoms with Crippen LogP contribution in [0.2, 0.25) is 0 Å². The van der Waals surface area contributed by atoms with Crippen molar-refractivity contribution in [2.45, 2.75) is 5.75 Å². The molecule has 0 unspecified atom stereocenters. The SMILES string of the molecule is O=S(=O)(Cc1ccccc1)n1c2ccccc2c2cc(Br)ccc21. The Balaban J connectivity index is 2.01. The standard InChI is InChI=1S/C19H14BrNO2S/c20-15-10-11-19-17(12-15)16-8-4-5-9-18(16)21(19)24(22,23)13-14-6-2-1-3-7-14/h1-12H,13H2. The molecule has 0 atom stereocenters. The fraction of sp³-hybridized carbons (Fsp3) is 0.0526. The zero-order chi connectivity index (χ0) is 16.7. The molecule has 0 bridgehead atoms. The maximum atomic E-state index is 13.1. The lowest BCUT2D eigenvalue weighted by Gasteiger charge is -2.09. The molecule has 0 saturated carbocycles. The van der Waals surface area contributed by atoms with E-state index in [1.165, 1.54) is 3.97 Å². The molecular weight excluding hydrogens is 386 g/mol. The van der Waals surface area contributed by atoms with Crippen LogP contribution in [0.15, 0.2) is 77.3 Å². The van der Waals surface area contributed by atoms with Crippen LogP contribution in [0.25, 0.3) is 21.8 Å². The summed E-state index contributed by atoms with van der Waals surface area (Å²) in [5, 5.41) is 1.86. The summed E-state index contributed by atoms with van der Waals surface area (Å²) in [5.41, 5.74) is 2.19. The molecule has 1 aromatic heterocycles. The minimum atomic E-state index is -3.53. The zero-order valence-corrected chi connectivity index (χ0v) is 15.1. The predicted octanol–water partition coefficient (Wildman–Crippen LogP) is 4.94. The van der Waals surface area contributed by atoms with Gasteiger partial charge in [-0.3, -0.25) is 0 Å². The first-order valence-electron chi connectivity index (χ1n) is 7.52. The number of para-hydroxylation sites is 1. The number of nitrogens with zero attached hydrogens (tertiary/aromatic N) is 1. The van der Waals surface area contributed by atoms with Crippen LogP contribution in [0.3, 0.4) is 0 Å². The summed E-state index contributed by atoms with van der Waals surface area (Å²) in [6, 6.07) is 22.6. The van der Waals surface area contributed by atoms with Crippen LogP contribution in [0.1, 0.15) is 5.56 Å². The second-order valence-corrected chi connectivity index (χ2v) is 8.42. The summed E-state index contributed by atoms with van der Waals surface area (Å²) < 4.78 is 28.7. The van der Waals surface area contributed by atoms with Gasteiger partial charge in [0, 0.05) is 15.2 Å². The highest BCUT2D eigenvalue weighted by atomic mass is 79.9. The molecule has 3 nitrogen and oxygen atoms in total. The first kappa shape index (κ1) is 15.4. The Morgan fingerprint density at radius 1 is 0.792 bits per heavy atom. The Bertz CT molecular complexity index is 1150. The lowest BCUT2D eigenvalue weighted by atomic mass is 10.2. The molecule has 1 heterocycles. The summed E-state index contributed by atoms with van der Waals surface area (Å²) in [5.74, 6) is -0.0301. The van der Waals surface area contributed by atoms with Crippen LogP contribution in [0, 0.1) is 0 Å². The molecule has 120 valence electrons. The molecule has 0 aliphatic heterocycles. The second-order valence-electron chi connectivity index (χ2n) is 5.68. The molecule has 5 heteroatoms. The Kier molecular flexibility index (Phi) is 3.70. The monoisotopic (exact) mass is 399 g/mol. The largest absolute Gasteiger partial charge is 0.243 e. The first-order chi connectivity index (χ1) is 11.6. The highest BCUT2D eigenvalue weighted by Crippen LogP contribution is 2.33. The summed E-state index contributed by atoms with van der Waals surface area (Å²) >= 11 is 3.47. The second kappa shape index (κ2) is 5.76. The highest BCUT2D eigenvalue weighted by Gasteiger charge is 2.21. The highest BCUT2D eigenvalue weighted by molar-refractivity contribution is 9.10. The topological polar surface area (TPSA) is 39.1 Å². The number of rotatable bonds is 3. The van der Waals surface area contributed by atoms with Crippen molar-refractivity contribution in [3.8, 4) is 0 Å². The van der Waals surface area contributed by atoms with Crippen LogP contribution in [-0.2, 0) is 15.8 Å². The molecule has 0 saturated heterocycles. The van der Waals surface area contributed by atoms with Gasteiger partial charge >= 0.3 is 0 Å². The van der Waals surface area contributed by atoms with Crippen molar-refractivity contribution in [3.63, 3.8) is 0 Å². The third kappa shape index (κ3) is 2.54. The van der Waals surface area contributed by atoms with Crippen LogP contribution in [0.4, 0.5) is 0 Å². The van der Waals surface area contributed by atoms with Gasteiger partial charge in [-0.15, -0.1) is 0 Å². The number of aromatic nitrogens is 1. The first-order valence-corrected chi connectivity index (χ1v) is 9.92. The van der Waals surface area contributed by atoms with Gasteiger partial charge in [-0.1, -0.05) is 64.5 Å². The van der Waals surface area contributed by atoms with E-state index in [2.05, 4.69) is 15.9 Å². The number of fused-ring (bicyclic) bond motifs is 3. The third-order valence-electron chi connectivity index (χ3n) is 4.06. The maximum absolute atomic E-state index is 13.1. The lowest BCUT2D eigenvalue weighted by Crippen LogP contribution is -2.14. The Morgan fingerprint density at radius 3 is 2.25 bits per heavy atom. The van der Waals surface area contributed by atoms with E-state index < -0.39 is 10.0 Å². The van der Waals surface area contributed by atoms with Crippen molar-refractivity contribution in [2.75, 3.05) is 0 Å². The van der Waals surface area contributed by atoms with E-state index in [4.69, 9.17) is 0 Å². The molecule has 0 aliphatic rings. The van der Waals surface area contributed by atoms with Gasteiger partial charge in [-0.25, -0.2) is 12.4 Å². The molecule has 0 N–H and O–H groups in total. The normalized spacial score (nSPS) is 12.0. The van der Waals surface area contributed by atoms with Crippen LogP contribution < -0.4 is 0 Å². The van der Waals surface area contributed by atoms with Crippen molar-refractivity contribution in [1.29, 1.82) is 0 Å². The molecule has 0 radical (unpaired) electrons. The van der Waals surface area contributed by atoms with Crippen LogP contribution >= 0.6 is 15.9 Å². The lowest BCUT2D eigenvalue weighted by molar-refractivity contribution is 0.589. The summed E-state index contributed by atoms with van der Waals surface area (Å²) in [6.07, 6.45) is 0. The zero-order valence-electron chi connectivity index (χ0n) is 12.7. The van der Waals surface area contributed by atoms with Gasteiger partial charge < -0.3 is 0 Å². The van der Waals surface area contributed by atoms with Gasteiger partial charge in [0.05, 0.1) is 16.8 Å². The number of benzene rings is 3. The molecule has 0 aliphatic carbocycles. The van der Waals surface area contributed by atoms with Crippen molar-refractivity contribution < 1.29 is 8.42 Å². The Hall–Kier alpha value is -2.11. The smallest absolute Gasteiger partial charge is 0.237 e. The number of hydrogen-bond donors (Lipinski definition) is 0. The molecule has 0 amide bonds.